The quantitative estimate of drug-likeness (QED) is 0.726. The molecule has 1 aliphatic carbocycles. The lowest BCUT2D eigenvalue weighted by Gasteiger charge is -2.20. The van der Waals surface area contributed by atoms with Crippen LogP contribution in [0, 0.1) is 11.7 Å². The van der Waals surface area contributed by atoms with Crippen molar-refractivity contribution in [3.63, 3.8) is 0 Å². The van der Waals surface area contributed by atoms with Crippen LogP contribution in [0.25, 0.3) is 0 Å². The van der Waals surface area contributed by atoms with E-state index in [0.29, 0.717) is 6.04 Å². The Kier molecular flexibility index (Phi) is 6.52. The van der Waals surface area contributed by atoms with Gasteiger partial charge in [-0.25, -0.2) is 4.39 Å². The molecule has 0 aromatic heterocycles. The zero-order valence-corrected chi connectivity index (χ0v) is 12.7. The van der Waals surface area contributed by atoms with Gasteiger partial charge in [-0.05, 0) is 55.8 Å². The molecule has 20 heavy (non-hydrogen) atoms. The molecule has 112 valence electrons. The maximum absolute atomic E-state index is 13.0. The summed E-state index contributed by atoms with van der Waals surface area (Å²) in [6.07, 6.45) is 10.5. The van der Waals surface area contributed by atoms with Crippen LogP contribution in [-0.2, 0) is 6.42 Å². The average molecular weight is 277 g/mol. The second-order valence-electron chi connectivity index (χ2n) is 6.21. The van der Waals surface area contributed by atoms with Gasteiger partial charge in [0.15, 0.2) is 0 Å². The molecule has 1 aromatic carbocycles. The molecule has 1 N–H and O–H groups in total. The van der Waals surface area contributed by atoms with Crippen LogP contribution in [-0.4, -0.2) is 12.6 Å². The fraction of sp³-hybridized carbons (Fsp3) is 0.667. The standard InChI is InChI=1S/C18H28FN/c1-2-13-20-18(12-9-15-5-3-4-6-15)14-16-7-10-17(19)11-8-16/h7-8,10-11,15,18,20H,2-6,9,12-14H2,1H3. The van der Waals surface area contributed by atoms with Crippen molar-refractivity contribution < 1.29 is 4.39 Å². The third-order valence-electron chi connectivity index (χ3n) is 4.48. The number of halogens is 1. The molecular weight excluding hydrogens is 249 g/mol. The topological polar surface area (TPSA) is 12.0 Å². The Labute approximate surface area is 123 Å². The van der Waals surface area contributed by atoms with Crippen molar-refractivity contribution in [2.24, 2.45) is 5.92 Å². The van der Waals surface area contributed by atoms with Crippen LogP contribution in [0.5, 0.6) is 0 Å². The maximum Gasteiger partial charge on any atom is 0.123 e. The predicted octanol–water partition coefficient (Wildman–Crippen LogP) is 4.71. The minimum absolute atomic E-state index is 0.141. The van der Waals surface area contributed by atoms with Gasteiger partial charge < -0.3 is 5.32 Å². The van der Waals surface area contributed by atoms with Crippen LogP contribution < -0.4 is 5.32 Å². The second-order valence-corrected chi connectivity index (χ2v) is 6.21. The summed E-state index contributed by atoms with van der Waals surface area (Å²) in [6.45, 7) is 3.29. The van der Waals surface area contributed by atoms with E-state index >= 15 is 0 Å². The zero-order valence-electron chi connectivity index (χ0n) is 12.7. The van der Waals surface area contributed by atoms with Gasteiger partial charge in [-0.15, -0.1) is 0 Å². The van der Waals surface area contributed by atoms with Crippen LogP contribution in [0.4, 0.5) is 4.39 Å². The summed E-state index contributed by atoms with van der Waals surface area (Å²) < 4.78 is 13.0. The van der Waals surface area contributed by atoms with Crippen molar-refractivity contribution in [3.8, 4) is 0 Å². The van der Waals surface area contributed by atoms with Gasteiger partial charge in [-0.2, -0.15) is 0 Å². The first-order valence-corrected chi connectivity index (χ1v) is 8.25. The monoisotopic (exact) mass is 277 g/mol. The number of hydrogen-bond acceptors (Lipinski definition) is 1. The molecule has 0 radical (unpaired) electrons. The fourth-order valence-electron chi connectivity index (χ4n) is 3.27. The van der Waals surface area contributed by atoms with Crippen LogP contribution >= 0.6 is 0 Å². The van der Waals surface area contributed by atoms with Gasteiger partial charge in [0.25, 0.3) is 0 Å². The van der Waals surface area contributed by atoms with Gasteiger partial charge in [-0.3, -0.25) is 0 Å². The lowest BCUT2D eigenvalue weighted by Crippen LogP contribution is -2.32. The van der Waals surface area contributed by atoms with E-state index in [1.807, 2.05) is 12.1 Å². The Morgan fingerprint density at radius 1 is 1.20 bits per heavy atom. The van der Waals surface area contributed by atoms with Crippen LogP contribution in [0.15, 0.2) is 24.3 Å². The minimum atomic E-state index is -0.141. The summed E-state index contributed by atoms with van der Waals surface area (Å²) in [5.74, 6) is 0.812. The zero-order chi connectivity index (χ0) is 14.2. The molecule has 0 aliphatic heterocycles. The van der Waals surface area contributed by atoms with E-state index in [1.165, 1.54) is 50.5 Å². The van der Waals surface area contributed by atoms with Crippen molar-refractivity contribution in [2.75, 3.05) is 6.54 Å². The van der Waals surface area contributed by atoms with Crippen molar-refractivity contribution >= 4 is 0 Å². The second kappa shape index (κ2) is 8.41. The van der Waals surface area contributed by atoms with E-state index < -0.39 is 0 Å². The molecule has 0 amide bonds. The van der Waals surface area contributed by atoms with E-state index in [2.05, 4.69) is 12.2 Å². The van der Waals surface area contributed by atoms with Crippen LogP contribution in [0.1, 0.15) is 57.4 Å². The molecule has 1 unspecified atom stereocenters. The van der Waals surface area contributed by atoms with E-state index in [9.17, 15) is 4.39 Å². The Hall–Kier alpha value is -0.890. The summed E-state index contributed by atoms with van der Waals surface area (Å²) in [5, 5.41) is 3.66. The molecule has 2 rings (SSSR count). The summed E-state index contributed by atoms with van der Waals surface area (Å²) >= 11 is 0. The Morgan fingerprint density at radius 2 is 1.90 bits per heavy atom. The Balaban J connectivity index is 1.83. The van der Waals surface area contributed by atoms with Gasteiger partial charge in [0.05, 0.1) is 0 Å². The predicted molar refractivity (Wildman–Crippen MR) is 83.4 cm³/mol. The number of benzene rings is 1. The van der Waals surface area contributed by atoms with Gasteiger partial charge in [0, 0.05) is 6.04 Å². The molecule has 0 saturated heterocycles. The van der Waals surface area contributed by atoms with Gasteiger partial charge >= 0.3 is 0 Å². The maximum atomic E-state index is 13.0. The highest BCUT2D eigenvalue weighted by Gasteiger charge is 2.17. The molecule has 2 heteroatoms. The summed E-state index contributed by atoms with van der Waals surface area (Å²) in [7, 11) is 0. The first-order valence-electron chi connectivity index (χ1n) is 8.25. The van der Waals surface area contributed by atoms with E-state index in [4.69, 9.17) is 0 Å². The third-order valence-corrected chi connectivity index (χ3v) is 4.48. The largest absolute Gasteiger partial charge is 0.314 e. The summed E-state index contributed by atoms with van der Waals surface area (Å²) in [4.78, 5) is 0. The highest BCUT2D eigenvalue weighted by molar-refractivity contribution is 5.17. The molecule has 1 saturated carbocycles. The number of hydrogen-bond donors (Lipinski definition) is 1. The van der Waals surface area contributed by atoms with Gasteiger partial charge in [0.2, 0.25) is 0 Å². The lowest BCUT2D eigenvalue weighted by molar-refractivity contribution is 0.402. The first kappa shape index (κ1) is 15.5. The third kappa shape index (κ3) is 5.24. The molecule has 1 fully saturated rings. The Bertz CT molecular complexity index is 368. The van der Waals surface area contributed by atoms with Crippen molar-refractivity contribution in [3.05, 3.63) is 35.6 Å². The minimum Gasteiger partial charge on any atom is -0.314 e. The average Bonchev–Trinajstić information content (AvgIpc) is 2.97. The molecule has 1 aromatic rings. The van der Waals surface area contributed by atoms with E-state index in [-0.39, 0.29) is 5.82 Å². The molecule has 0 heterocycles. The number of rotatable bonds is 8. The van der Waals surface area contributed by atoms with Crippen LogP contribution in [0.2, 0.25) is 0 Å². The lowest BCUT2D eigenvalue weighted by atomic mass is 9.95. The molecule has 0 spiro atoms. The molecule has 1 atom stereocenters. The van der Waals surface area contributed by atoms with Crippen molar-refractivity contribution in [2.45, 2.75) is 64.3 Å². The normalized spacial score (nSPS) is 17.5. The smallest absolute Gasteiger partial charge is 0.123 e. The molecule has 1 nitrogen and oxygen atoms in total. The summed E-state index contributed by atoms with van der Waals surface area (Å²) in [5.41, 5.74) is 1.24. The number of nitrogens with one attached hydrogen (secondary N) is 1. The van der Waals surface area contributed by atoms with E-state index in [1.54, 1.807) is 12.1 Å². The Morgan fingerprint density at radius 3 is 2.55 bits per heavy atom. The molecule has 0 bridgehead atoms. The van der Waals surface area contributed by atoms with Crippen molar-refractivity contribution in [1.82, 2.24) is 5.32 Å². The summed E-state index contributed by atoms with van der Waals surface area (Å²) in [6, 6.07) is 7.53. The van der Waals surface area contributed by atoms with Gasteiger partial charge in [0.1, 0.15) is 5.82 Å². The fourth-order valence-corrected chi connectivity index (χ4v) is 3.27. The van der Waals surface area contributed by atoms with Crippen molar-refractivity contribution in [1.29, 1.82) is 0 Å². The highest BCUT2D eigenvalue weighted by Crippen LogP contribution is 2.29. The van der Waals surface area contributed by atoms with Crippen LogP contribution in [0.3, 0.4) is 0 Å². The molecule has 1 aliphatic rings. The van der Waals surface area contributed by atoms with E-state index in [0.717, 1.165) is 18.9 Å². The molecular formula is C18H28FN. The highest BCUT2D eigenvalue weighted by atomic mass is 19.1. The first-order chi connectivity index (χ1) is 9.78. The van der Waals surface area contributed by atoms with Gasteiger partial charge in [-0.1, -0.05) is 44.7 Å². The SMILES string of the molecule is CCCNC(CCC1CCCC1)Cc1ccc(F)cc1.